The summed E-state index contributed by atoms with van der Waals surface area (Å²) in [7, 11) is 0. The van der Waals surface area contributed by atoms with Crippen molar-refractivity contribution < 1.29 is 9.53 Å². The number of hydrogen-bond donors (Lipinski definition) is 2. The van der Waals surface area contributed by atoms with Crippen LogP contribution in [0.25, 0.3) is 0 Å². The minimum absolute atomic E-state index is 0. The fourth-order valence-electron chi connectivity index (χ4n) is 4.34. The summed E-state index contributed by atoms with van der Waals surface area (Å²) in [6, 6.07) is 17.6. The molecule has 1 aliphatic carbocycles. The number of nitrogens with two attached hydrogens (primary N) is 1. The maximum absolute atomic E-state index is 12.7. The summed E-state index contributed by atoms with van der Waals surface area (Å²) in [5.41, 5.74) is 8.17. The third-order valence-electron chi connectivity index (χ3n) is 5.68. The van der Waals surface area contributed by atoms with Crippen LogP contribution in [0.3, 0.4) is 0 Å². The highest BCUT2D eigenvalue weighted by molar-refractivity contribution is 5.85. The lowest BCUT2D eigenvalue weighted by atomic mass is 9.85. The normalized spacial score (nSPS) is 20.9. The lowest BCUT2D eigenvalue weighted by Gasteiger charge is -2.40. The summed E-state index contributed by atoms with van der Waals surface area (Å²) in [6.07, 6.45) is 5.66. The van der Waals surface area contributed by atoms with Gasteiger partial charge in [-0.15, -0.1) is 12.4 Å². The highest BCUT2D eigenvalue weighted by Gasteiger charge is 2.43. The third-order valence-corrected chi connectivity index (χ3v) is 5.68. The molecule has 0 radical (unpaired) electrons. The van der Waals surface area contributed by atoms with Crippen molar-refractivity contribution in [2.75, 3.05) is 0 Å². The molecule has 0 aromatic heterocycles. The van der Waals surface area contributed by atoms with E-state index in [1.807, 2.05) is 48.5 Å². The van der Waals surface area contributed by atoms with Crippen LogP contribution in [0, 0.1) is 0 Å². The highest BCUT2D eigenvalue weighted by atomic mass is 35.5. The molecule has 144 valence electrons. The number of fused-ring (bicyclic) bond motifs is 1. The van der Waals surface area contributed by atoms with Crippen molar-refractivity contribution in [3.8, 4) is 5.75 Å². The number of rotatable bonds is 4. The molecule has 2 aromatic carbocycles. The first-order valence-corrected chi connectivity index (χ1v) is 9.53. The summed E-state index contributed by atoms with van der Waals surface area (Å²) < 4.78 is 6.37. The molecule has 0 saturated heterocycles. The van der Waals surface area contributed by atoms with Crippen LogP contribution in [-0.4, -0.2) is 11.5 Å². The van der Waals surface area contributed by atoms with Crippen molar-refractivity contribution in [2.45, 2.75) is 56.2 Å². The molecule has 2 aromatic rings. The Morgan fingerprint density at radius 1 is 1.11 bits per heavy atom. The zero-order valence-corrected chi connectivity index (χ0v) is 16.2. The lowest BCUT2D eigenvalue weighted by molar-refractivity contribution is -0.122. The summed E-state index contributed by atoms with van der Waals surface area (Å²) in [4.78, 5) is 12.7. The number of carbonyl (C=O) groups excluding carboxylic acids is 1. The molecule has 4 nitrogen and oxygen atoms in total. The molecule has 5 heteroatoms. The van der Waals surface area contributed by atoms with Crippen LogP contribution in [0.1, 0.15) is 61.7 Å². The smallest absolute Gasteiger partial charge is 0.222 e. The molecular weight excluding hydrogens is 360 g/mol. The Morgan fingerprint density at radius 2 is 1.78 bits per heavy atom. The van der Waals surface area contributed by atoms with Gasteiger partial charge in [0.05, 0.1) is 6.04 Å². The number of benzene rings is 2. The summed E-state index contributed by atoms with van der Waals surface area (Å²) >= 11 is 0. The van der Waals surface area contributed by atoms with Gasteiger partial charge in [0.1, 0.15) is 11.4 Å². The molecule has 27 heavy (non-hydrogen) atoms. The molecule has 2 unspecified atom stereocenters. The van der Waals surface area contributed by atoms with Crippen molar-refractivity contribution in [3.63, 3.8) is 0 Å². The van der Waals surface area contributed by atoms with E-state index >= 15 is 0 Å². The summed E-state index contributed by atoms with van der Waals surface area (Å²) in [6.45, 7) is 0. The van der Waals surface area contributed by atoms with Crippen molar-refractivity contribution in [2.24, 2.45) is 5.73 Å². The zero-order valence-electron chi connectivity index (χ0n) is 15.4. The van der Waals surface area contributed by atoms with Crippen LogP contribution in [0.15, 0.2) is 54.6 Å². The van der Waals surface area contributed by atoms with E-state index in [2.05, 4.69) is 11.4 Å². The first-order valence-electron chi connectivity index (χ1n) is 9.53. The molecule has 4 rings (SSSR count). The van der Waals surface area contributed by atoms with Crippen molar-refractivity contribution >= 4 is 18.3 Å². The second-order valence-corrected chi connectivity index (χ2v) is 7.58. The maximum atomic E-state index is 12.7. The Morgan fingerprint density at radius 3 is 2.52 bits per heavy atom. The molecule has 1 amide bonds. The Balaban J connectivity index is 0.00000210. The van der Waals surface area contributed by atoms with Gasteiger partial charge in [-0.2, -0.15) is 0 Å². The van der Waals surface area contributed by atoms with Gasteiger partial charge in [0.2, 0.25) is 5.91 Å². The third kappa shape index (κ3) is 4.28. The predicted molar refractivity (Wildman–Crippen MR) is 109 cm³/mol. The van der Waals surface area contributed by atoms with Crippen LogP contribution in [-0.2, 0) is 4.79 Å². The standard InChI is InChI=1S/C22H26N2O2.ClH/c23-18(16-8-2-1-3-9-16)14-21(25)24-19-15-22(12-6-7-13-22)26-20-11-5-4-10-17(19)20;/h1-5,8-11,18-19H,6-7,12-15,23H2,(H,24,25);1H. The molecule has 3 N–H and O–H groups in total. The molecular formula is C22H27ClN2O2. The minimum atomic E-state index is -0.285. The lowest BCUT2D eigenvalue weighted by Crippen LogP contribution is -2.43. The van der Waals surface area contributed by atoms with Gasteiger partial charge in [-0.3, -0.25) is 4.79 Å². The molecule has 1 aliphatic heterocycles. The van der Waals surface area contributed by atoms with E-state index in [4.69, 9.17) is 10.5 Å². The second-order valence-electron chi connectivity index (χ2n) is 7.58. The Hall–Kier alpha value is -2.04. The van der Waals surface area contributed by atoms with Crippen molar-refractivity contribution in [3.05, 3.63) is 65.7 Å². The Labute approximate surface area is 166 Å². The minimum Gasteiger partial charge on any atom is -0.487 e. The van der Waals surface area contributed by atoms with E-state index < -0.39 is 0 Å². The quantitative estimate of drug-likeness (QED) is 0.815. The van der Waals surface area contributed by atoms with Gasteiger partial charge < -0.3 is 15.8 Å². The Bertz CT molecular complexity index is 775. The van der Waals surface area contributed by atoms with E-state index in [0.717, 1.165) is 36.1 Å². The fraction of sp³-hybridized carbons (Fsp3) is 0.409. The molecule has 2 aliphatic rings. The van der Waals surface area contributed by atoms with Crippen LogP contribution < -0.4 is 15.8 Å². The van der Waals surface area contributed by atoms with Gasteiger partial charge >= 0.3 is 0 Å². The van der Waals surface area contributed by atoms with Crippen LogP contribution >= 0.6 is 12.4 Å². The molecule has 1 saturated carbocycles. The van der Waals surface area contributed by atoms with Crippen LogP contribution in [0.4, 0.5) is 0 Å². The van der Waals surface area contributed by atoms with E-state index in [1.165, 1.54) is 12.8 Å². The second kappa shape index (κ2) is 8.32. The van der Waals surface area contributed by atoms with Crippen LogP contribution in [0.5, 0.6) is 5.75 Å². The van der Waals surface area contributed by atoms with Crippen molar-refractivity contribution in [1.29, 1.82) is 0 Å². The zero-order chi connectivity index (χ0) is 18.0. The summed E-state index contributed by atoms with van der Waals surface area (Å²) in [5.74, 6) is 0.912. The monoisotopic (exact) mass is 386 g/mol. The molecule has 1 fully saturated rings. The predicted octanol–water partition coefficient (Wildman–Crippen LogP) is 4.45. The number of halogens is 1. The van der Waals surface area contributed by atoms with Crippen LogP contribution in [0.2, 0.25) is 0 Å². The van der Waals surface area contributed by atoms with Gasteiger partial charge in [-0.05, 0) is 37.3 Å². The van der Waals surface area contributed by atoms with E-state index in [0.29, 0.717) is 0 Å². The average molecular weight is 387 g/mol. The number of ether oxygens (including phenoxy) is 1. The van der Waals surface area contributed by atoms with E-state index in [9.17, 15) is 4.79 Å². The number of para-hydroxylation sites is 1. The number of hydrogen-bond acceptors (Lipinski definition) is 3. The first-order chi connectivity index (χ1) is 12.7. The van der Waals surface area contributed by atoms with Crippen molar-refractivity contribution in [1.82, 2.24) is 5.32 Å². The number of carbonyl (C=O) groups is 1. The summed E-state index contributed by atoms with van der Waals surface area (Å²) in [5, 5.41) is 3.23. The SMILES string of the molecule is Cl.NC(CC(=O)NC1CC2(CCCC2)Oc2ccccc21)c1ccccc1. The average Bonchev–Trinajstić information content (AvgIpc) is 3.09. The molecule has 2 atom stereocenters. The van der Waals surface area contributed by atoms with E-state index in [-0.39, 0.29) is 42.4 Å². The molecule has 1 spiro atoms. The van der Waals surface area contributed by atoms with Gasteiger partial charge in [0, 0.05) is 24.4 Å². The van der Waals surface area contributed by atoms with Gasteiger partial charge in [-0.25, -0.2) is 0 Å². The van der Waals surface area contributed by atoms with Gasteiger partial charge in [0.15, 0.2) is 0 Å². The fourth-order valence-corrected chi connectivity index (χ4v) is 4.34. The molecule has 0 bridgehead atoms. The van der Waals surface area contributed by atoms with Gasteiger partial charge in [-0.1, -0.05) is 48.5 Å². The first kappa shape index (κ1) is 19.7. The Kier molecular flexibility index (Phi) is 6.08. The highest BCUT2D eigenvalue weighted by Crippen LogP contribution is 2.47. The number of nitrogens with one attached hydrogen (secondary N) is 1. The topological polar surface area (TPSA) is 64.4 Å². The van der Waals surface area contributed by atoms with Gasteiger partial charge in [0.25, 0.3) is 0 Å². The largest absolute Gasteiger partial charge is 0.487 e. The van der Waals surface area contributed by atoms with E-state index in [1.54, 1.807) is 0 Å². The number of amides is 1. The maximum Gasteiger partial charge on any atom is 0.222 e. The molecule has 1 heterocycles.